The number of hydrogen-bond acceptors (Lipinski definition) is 4. The molecule has 1 aliphatic carbocycles. The Balaban J connectivity index is 1.54. The molecule has 0 unspecified atom stereocenters. The highest BCUT2D eigenvalue weighted by Gasteiger charge is 2.35. The highest BCUT2D eigenvalue weighted by molar-refractivity contribution is 5.84. The maximum atomic E-state index is 12.5. The van der Waals surface area contributed by atoms with E-state index in [1.165, 1.54) is 18.6 Å². The highest BCUT2D eigenvalue weighted by Crippen LogP contribution is 2.46. The van der Waals surface area contributed by atoms with Crippen LogP contribution in [-0.2, 0) is 0 Å². The van der Waals surface area contributed by atoms with Gasteiger partial charge in [-0.2, -0.15) is 5.10 Å². The molecule has 4 aromatic rings. The van der Waals surface area contributed by atoms with E-state index in [2.05, 4.69) is 57.7 Å². The number of anilines is 2. The van der Waals surface area contributed by atoms with Gasteiger partial charge >= 0.3 is 6.36 Å². The number of nitrogens with one attached hydrogen (secondary N) is 2. The van der Waals surface area contributed by atoms with Gasteiger partial charge in [0.05, 0.1) is 16.7 Å². The third kappa shape index (κ3) is 5.13. The molecule has 2 N–H and O–H groups in total. The van der Waals surface area contributed by atoms with Gasteiger partial charge in [-0.1, -0.05) is 26.8 Å². The molecule has 0 amide bonds. The molecule has 0 bridgehead atoms. The van der Waals surface area contributed by atoms with Gasteiger partial charge in [-0.15, -0.1) is 13.2 Å². The minimum Gasteiger partial charge on any atom is -0.406 e. The van der Waals surface area contributed by atoms with Crippen LogP contribution < -0.4 is 10.1 Å². The fraction of sp³-hybridized carbons (Fsp3) is 0.385. The van der Waals surface area contributed by atoms with E-state index < -0.39 is 6.36 Å². The molecule has 0 saturated heterocycles. The smallest absolute Gasteiger partial charge is 0.406 e. The van der Waals surface area contributed by atoms with Crippen LogP contribution in [0.2, 0.25) is 0 Å². The standard InChI is InChI=1S/C26H28F3N5O/c1-16-12-19(15-25(2,3)14-16)34-23-9-4-17(21-10-11-30-33-21)13-22(23)32-24(34)31-18-5-7-20(8-6-18)35-26(27,28)29/h4-11,13,16,19H,12,14-15H2,1-3H3,(H,30,33)(H,31,32)/t16-,19+/m1/s1. The molecule has 0 spiro atoms. The molecule has 6 nitrogen and oxygen atoms in total. The summed E-state index contributed by atoms with van der Waals surface area (Å²) in [6.45, 7) is 6.89. The Bertz CT molecular complexity index is 1310. The monoisotopic (exact) mass is 483 g/mol. The number of rotatable bonds is 5. The second kappa shape index (κ2) is 8.62. The molecule has 1 saturated carbocycles. The van der Waals surface area contributed by atoms with Gasteiger partial charge in [0.2, 0.25) is 5.95 Å². The second-order valence-electron chi connectivity index (χ2n) is 10.2. The van der Waals surface area contributed by atoms with Crippen molar-refractivity contribution >= 4 is 22.7 Å². The average Bonchev–Trinajstić information content (AvgIpc) is 3.40. The van der Waals surface area contributed by atoms with Crippen molar-refractivity contribution in [2.75, 3.05) is 5.32 Å². The van der Waals surface area contributed by atoms with Crippen LogP contribution in [0.3, 0.4) is 0 Å². The Morgan fingerprint density at radius 3 is 2.51 bits per heavy atom. The van der Waals surface area contributed by atoms with Crippen LogP contribution in [-0.4, -0.2) is 26.1 Å². The normalized spacial score (nSPS) is 20.2. The van der Waals surface area contributed by atoms with E-state index in [4.69, 9.17) is 4.98 Å². The lowest BCUT2D eigenvalue weighted by molar-refractivity contribution is -0.274. The molecule has 1 aliphatic rings. The van der Waals surface area contributed by atoms with Crippen LogP contribution in [0.5, 0.6) is 5.75 Å². The third-order valence-corrected chi connectivity index (χ3v) is 6.57. The molecule has 9 heteroatoms. The van der Waals surface area contributed by atoms with E-state index >= 15 is 0 Å². The van der Waals surface area contributed by atoms with Crippen molar-refractivity contribution in [3.05, 3.63) is 54.7 Å². The van der Waals surface area contributed by atoms with Gasteiger partial charge in [-0.05, 0) is 73.1 Å². The molecule has 0 aliphatic heterocycles. The van der Waals surface area contributed by atoms with Gasteiger partial charge in [0.25, 0.3) is 0 Å². The molecule has 184 valence electrons. The predicted molar refractivity (Wildman–Crippen MR) is 130 cm³/mol. The molecule has 5 rings (SSSR count). The topological polar surface area (TPSA) is 67.8 Å². The van der Waals surface area contributed by atoms with Crippen LogP contribution in [0.15, 0.2) is 54.7 Å². The van der Waals surface area contributed by atoms with E-state index in [-0.39, 0.29) is 17.2 Å². The van der Waals surface area contributed by atoms with Gasteiger partial charge < -0.3 is 14.6 Å². The van der Waals surface area contributed by atoms with E-state index in [9.17, 15) is 13.2 Å². The van der Waals surface area contributed by atoms with Crippen molar-refractivity contribution in [3.63, 3.8) is 0 Å². The fourth-order valence-corrected chi connectivity index (χ4v) is 5.50. The van der Waals surface area contributed by atoms with Gasteiger partial charge in [0, 0.05) is 23.5 Å². The molecule has 2 aromatic carbocycles. The first-order valence-electron chi connectivity index (χ1n) is 11.7. The Labute approximate surface area is 201 Å². The number of imidazole rings is 1. The lowest BCUT2D eigenvalue weighted by Crippen LogP contribution is -2.29. The summed E-state index contributed by atoms with van der Waals surface area (Å²) in [5, 5.41) is 10.4. The number of fused-ring (bicyclic) bond motifs is 1. The zero-order valence-electron chi connectivity index (χ0n) is 19.9. The minimum atomic E-state index is -4.72. The molecular weight excluding hydrogens is 455 g/mol. The number of H-pyrrole nitrogens is 1. The molecular formula is C26H28F3N5O. The van der Waals surface area contributed by atoms with E-state index in [1.807, 2.05) is 12.1 Å². The Kier molecular flexibility index (Phi) is 5.73. The van der Waals surface area contributed by atoms with E-state index in [1.54, 1.807) is 18.3 Å². The number of benzene rings is 2. The van der Waals surface area contributed by atoms with Crippen LogP contribution >= 0.6 is 0 Å². The molecule has 35 heavy (non-hydrogen) atoms. The Hall–Kier alpha value is -3.49. The second-order valence-corrected chi connectivity index (χ2v) is 10.2. The van der Waals surface area contributed by atoms with E-state index in [0.717, 1.165) is 35.1 Å². The first-order valence-corrected chi connectivity index (χ1v) is 11.7. The zero-order valence-corrected chi connectivity index (χ0v) is 19.9. The maximum Gasteiger partial charge on any atom is 0.573 e. The number of nitrogens with zero attached hydrogens (tertiary/aromatic N) is 3. The van der Waals surface area contributed by atoms with Crippen LogP contribution in [0, 0.1) is 11.3 Å². The van der Waals surface area contributed by atoms with E-state index in [0.29, 0.717) is 17.6 Å². The van der Waals surface area contributed by atoms with Crippen molar-refractivity contribution < 1.29 is 17.9 Å². The Morgan fingerprint density at radius 2 is 1.86 bits per heavy atom. The number of ether oxygens (including phenoxy) is 1. The summed E-state index contributed by atoms with van der Waals surface area (Å²) in [5.41, 5.74) is 4.58. The first kappa shape index (κ1) is 23.3. The molecule has 1 fully saturated rings. The third-order valence-electron chi connectivity index (χ3n) is 6.57. The summed E-state index contributed by atoms with van der Waals surface area (Å²) in [4.78, 5) is 4.91. The number of hydrogen-bond donors (Lipinski definition) is 2. The summed E-state index contributed by atoms with van der Waals surface area (Å²) in [5.74, 6) is 0.974. The summed E-state index contributed by atoms with van der Waals surface area (Å²) >= 11 is 0. The summed E-state index contributed by atoms with van der Waals surface area (Å²) < 4.78 is 43.9. The largest absolute Gasteiger partial charge is 0.573 e. The van der Waals surface area contributed by atoms with Crippen molar-refractivity contribution in [2.45, 2.75) is 52.4 Å². The van der Waals surface area contributed by atoms with Crippen molar-refractivity contribution in [3.8, 4) is 17.0 Å². The van der Waals surface area contributed by atoms with Crippen LogP contribution in [0.4, 0.5) is 24.8 Å². The number of halogens is 3. The summed E-state index contributed by atoms with van der Waals surface area (Å²) in [6, 6.07) is 14.0. The van der Waals surface area contributed by atoms with Crippen molar-refractivity contribution in [1.29, 1.82) is 0 Å². The van der Waals surface area contributed by atoms with Crippen LogP contribution in [0.1, 0.15) is 46.1 Å². The minimum absolute atomic E-state index is 0.197. The van der Waals surface area contributed by atoms with Crippen molar-refractivity contribution in [2.24, 2.45) is 11.3 Å². The first-order chi connectivity index (χ1) is 16.6. The lowest BCUT2D eigenvalue weighted by atomic mass is 9.70. The SMILES string of the molecule is C[C@@H]1C[C@H](n2c(Nc3ccc(OC(F)(F)F)cc3)nc3cc(-c4ccn[nH]4)ccc32)CC(C)(C)C1. The van der Waals surface area contributed by atoms with Gasteiger partial charge in [0.1, 0.15) is 5.75 Å². The molecule has 2 aromatic heterocycles. The molecule has 2 heterocycles. The highest BCUT2D eigenvalue weighted by atomic mass is 19.4. The average molecular weight is 484 g/mol. The Morgan fingerprint density at radius 1 is 1.09 bits per heavy atom. The number of aromatic amines is 1. The molecule has 2 atom stereocenters. The van der Waals surface area contributed by atoms with Crippen LogP contribution in [0.25, 0.3) is 22.3 Å². The zero-order chi connectivity index (χ0) is 24.8. The quantitative estimate of drug-likeness (QED) is 0.309. The lowest BCUT2D eigenvalue weighted by Gasteiger charge is -2.40. The van der Waals surface area contributed by atoms with Gasteiger partial charge in [0.15, 0.2) is 0 Å². The molecule has 0 radical (unpaired) electrons. The van der Waals surface area contributed by atoms with Gasteiger partial charge in [-0.25, -0.2) is 4.98 Å². The fourth-order valence-electron chi connectivity index (χ4n) is 5.50. The number of aromatic nitrogens is 4. The summed E-state index contributed by atoms with van der Waals surface area (Å²) in [7, 11) is 0. The van der Waals surface area contributed by atoms with Gasteiger partial charge in [-0.3, -0.25) is 5.10 Å². The number of alkyl halides is 3. The maximum absolute atomic E-state index is 12.5. The van der Waals surface area contributed by atoms with Crippen molar-refractivity contribution in [1.82, 2.24) is 19.7 Å². The summed E-state index contributed by atoms with van der Waals surface area (Å²) in [6.07, 6.45) is 0.203. The predicted octanol–water partition coefficient (Wildman–Crippen LogP) is 7.46.